The third kappa shape index (κ3) is 3.61. The molecule has 0 aliphatic heterocycles. The van der Waals surface area contributed by atoms with Crippen LogP contribution in [-0.4, -0.2) is 9.97 Å². The van der Waals surface area contributed by atoms with Crippen LogP contribution in [0.2, 0.25) is 0 Å². The van der Waals surface area contributed by atoms with Gasteiger partial charge in [0.25, 0.3) is 0 Å². The summed E-state index contributed by atoms with van der Waals surface area (Å²) in [5.74, 6) is 0. The van der Waals surface area contributed by atoms with Gasteiger partial charge in [-0.2, -0.15) is 0 Å². The van der Waals surface area contributed by atoms with E-state index in [-0.39, 0.29) is 11.5 Å². The summed E-state index contributed by atoms with van der Waals surface area (Å²) in [7, 11) is 0. The molecule has 0 amide bonds. The first-order valence-electron chi connectivity index (χ1n) is 6.48. The fourth-order valence-corrected chi connectivity index (χ4v) is 2.92. The van der Waals surface area contributed by atoms with Crippen LogP contribution in [0.3, 0.4) is 0 Å². The molecule has 2 N–H and O–H groups in total. The molecule has 0 aliphatic rings. The summed E-state index contributed by atoms with van der Waals surface area (Å²) in [5, 5.41) is 3.23. The number of pyridine rings is 1. The molecule has 102 valence electrons. The Balaban J connectivity index is 2.11. The van der Waals surface area contributed by atoms with Gasteiger partial charge in [0.05, 0.1) is 10.7 Å². The number of nitrogens with zero attached hydrogens (tertiary/aromatic N) is 2. The van der Waals surface area contributed by atoms with E-state index in [0.717, 1.165) is 28.2 Å². The second-order valence-electron chi connectivity index (χ2n) is 5.98. The van der Waals surface area contributed by atoms with Gasteiger partial charge in [-0.1, -0.05) is 26.8 Å². The Morgan fingerprint density at radius 3 is 2.63 bits per heavy atom. The minimum atomic E-state index is -0.0358. The number of aryl methyl sites for hydroxylation is 1. The smallest absolute Gasteiger partial charge is 0.0947 e. The summed E-state index contributed by atoms with van der Waals surface area (Å²) in [6.07, 6.45) is 4.46. The molecule has 2 rings (SSSR count). The molecule has 0 saturated heterocycles. The van der Waals surface area contributed by atoms with Crippen LogP contribution in [0.4, 0.5) is 0 Å². The molecule has 2 aromatic rings. The van der Waals surface area contributed by atoms with Crippen molar-refractivity contribution in [2.75, 3.05) is 0 Å². The van der Waals surface area contributed by atoms with Crippen molar-refractivity contribution in [2.45, 2.75) is 45.6 Å². The molecule has 2 aromatic heterocycles. The Labute approximate surface area is 118 Å². The first-order valence-corrected chi connectivity index (χ1v) is 7.36. The van der Waals surface area contributed by atoms with Gasteiger partial charge < -0.3 is 5.73 Å². The van der Waals surface area contributed by atoms with E-state index in [4.69, 9.17) is 5.73 Å². The molecular formula is C15H21N3S. The summed E-state index contributed by atoms with van der Waals surface area (Å²) in [6.45, 7) is 8.56. The molecule has 3 nitrogen and oxygen atoms in total. The van der Waals surface area contributed by atoms with Crippen LogP contribution in [0.1, 0.15) is 48.6 Å². The van der Waals surface area contributed by atoms with Crippen molar-refractivity contribution in [3.8, 4) is 0 Å². The zero-order valence-corrected chi connectivity index (χ0v) is 12.8. The summed E-state index contributed by atoms with van der Waals surface area (Å²) < 4.78 is 0. The van der Waals surface area contributed by atoms with Gasteiger partial charge in [0.15, 0.2) is 0 Å². The Morgan fingerprint density at radius 1 is 1.32 bits per heavy atom. The van der Waals surface area contributed by atoms with E-state index in [9.17, 15) is 0 Å². The van der Waals surface area contributed by atoms with Crippen LogP contribution in [0.5, 0.6) is 0 Å². The molecule has 0 fully saturated rings. The molecule has 0 radical (unpaired) electrons. The van der Waals surface area contributed by atoms with Gasteiger partial charge >= 0.3 is 0 Å². The van der Waals surface area contributed by atoms with E-state index in [1.165, 1.54) is 0 Å². The lowest BCUT2D eigenvalue weighted by Crippen LogP contribution is -2.15. The maximum Gasteiger partial charge on any atom is 0.0947 e. The highest BCUT2D eigenvalue weighted by molar-refractivity contribution is 7.09. The lowest BCUT2D eigenvalue weighted by Gasteiger charge is -2.14. The lowest BCUT2D eigenvalue weighted by molar-refractivity contribution is 0.569. The minimum Gasteiger partial charge on any atom is -0.324 e. The first kappa shape index (κ1) is 14.2. The van der Waals surface area contributed by atoms with Gasteiger partial charge in [-0.15, -0.1) is 11.3 Å². The molecule has 1 atom stereocenters. The van der Waals surface area contributed by atoms with Crippen LogP contribution in [0.25, 0.3) is 0 Å². The van der Waals surface area contributed by atoms with Crippen molar-refractivity contribution in [3.05, 3.63) is 45.7 Å². The quantitative estimate of drug-likeness (QED) is 0.934. The number of aromatic nitrogens is 2. The largest absolute Gasteiger partial charge is 0.324 e. The van der Waals surface area contributed by atoms with E-state index in [1.807, 2.05) is 19.3 Å². The summed E-state index contributed by atoms with van der Waals surface area (Å²) in [5.41, 5.74) is 9.70. The molecule has 4 heteroatoms. The molecule has 0 spiro atoms. The Hall–Kier alpha value is -1.26. The summed E-state index contributed by atoms with van der Waals surface area (Å²) in [4.78, 5) is 8.88. The molecule has 0 aromatic carbocycles. The van der Waals surface area contributed by atoms with Crippen molar-refractivity contribution in [1.29, 1.82) is 0 Å². The molecule has 1 unspecified atom stereocenters. The van der Waals surface area contributed by atoms with Gasteiger partial charge in [0, 0.05) is 35.7 Å². The average molecular weight is 275 g/mol. The van der Waals surface area contributed by atoms with E-state index in [2.05, 4.69) is 42.2 Å². The van der Waals surface area contributed by atoms with Gasteiger partial charge in [0.1, 0.15) is 0 Å². The van der Waals surface area contributed by atoms with Crippen molar-refractivity contribution in [1.82, 2.24) is 9.97 Å². The predicted molar refractivity (Wildman–Crippen MR) is 80.4 cm³/mol. The van der Waals surface area contributed by atoms with Crippen LogP contribution in [0.15, 0.2) is 23.8 Å². The second kappa shape index (κ2) is 5.39. The highest BCUT2D eigenvalue weighted by atomic mass is 32.1. The van der Waals surface area contributed by atoms with Crippen molar-refractivity contribution < 1.29 is 0 Å². The summed E-state index contributed by atoms with van der Waals surface area (Å²) in [6, 6.07) is 2.06. The average Bonchev–Trinajstić information content (AvgIpc) is 2.77. The maximum absolute atomic E-state index is 6.24. The van der Waals surface area contributed by atoms with Gasteiger partial charge in [-0.25, -0.2) is 4.98 Å². The lowest BCUT2D eigenvalue weighted by atomic mass is 9.93. The molecular weight excluding hydrogens is 254 g/mol. The van der Waals surface area contributed by atoms with Crippen LogP contribution < -0.4 is 5.73 Å². The fraction of sp³-hybridized carbons (Fsp3) is 0.467. The third-order valence-electron chi connectivity index (χ3n) is 3.04. The van der Waals surface area contributed by atoms with Crippen LogP contribution in [0, 0.1) is 6.92 Å². The SMILES string of the molecule is Cc1cncc(C(N)Cc2nc(C(C)(C)C)cs2)c1. The van der Waals surface area contributed by atoms with Crippen molar-refractivity contribution >= 4 is 11.3 Å². The maximum atomic E-state index is 6.24. The third-order valence-corrected chi connectivity index (χ3v) is 3.91. The second-order valence-corrected chi connectivity index (χ2v) is 6.93. The number of rotatable bonds is 3. The Morgan fingerprint density at radius 2 is 2.05 bits per heavy atom. The highest BCUT2D eigenvalue weighted by Gasteiger charge is 2.18. The van der Waals surface area contributed by atoms with E-state index in [1.54, 1.807) is 11.3 Å². The molecule has 19 heavy (non-hydrogen) atoms. The number of hydrogen-bond donors (Lipinski definition) is 1. The minimum absolute atomic E-state index is 0.0358. The van der Waals surface area contributed by atoms with Gasteiger partial charge in [-0.3, -0.25) is 4.98 Å². The topological polar surface area (TPSA) is 51.8 Å². The predicted octanol–water partition coefficient (Wildman–Crippen LogP) is 3.39. The first-order chi connectivity index (χ1) is 8.86. The zero-order valence-electron chi connectivity index (χ0n) is 12.0. The van der Waals surface area contributed by atoms with Crippen LogP contribution in [-0.2, 0) is 11.8 Å². The molecule has 2 heterocycles. The van der Waals surface area contributed by atoms with E-state index in [0.29, 0.717) is 0 Å². The normalized spacial score (nSPS) is 13.5. The molecule has 0 bridgehead atoms. The van der Waals surface area contributed by atoms with Crippen LogP contribution >= 0.6 is 11.3 Å². The van der Waals surface area contributed by atoms with Gasteiger partial charge in [0.2, 0.25) is 0 Å². The molecule has 0 aliphatic carbocycles. The Bertz CT molecular complexity index is 555. The van der Waals surface area contributed by atoms with Gasteiger partial charge in [-0.05, 0) is 18.1 Å². The van der Waals surface area contributed by atoms with Crippen molar-refractivity contribution in [3.63, 3.8) is 0 Å². The standard InChI is InChI=1S/C15H21N3S/c1-10-5-11(8-17-7-10)12(16)6-14-18-13(9-19-14)15(2,3)4/h5,7-9,12H,6,16H2,1-4H3. The van der Waals surface area contributed by atoms with Crippen molar-refractivity contribution in [2.24, 2.45) is 5.73 Å². The van der Waals surface area contributed by atoms with E-state index >= 15 is 0 Å². The molecule has 0 saturated carbocycles. The van der Waals surface area contributed by atoms with E-state index < -0.39 is 0 Å². The fourth-order valence-electron chi connectivity index (χ4n) is 1.84. The highest BCUT2D eigenvalue weighted by Crippen LogP contribution is 2.26. The Kier molecular flexibility index (Phi) is 4.02. The number of nitrogens with two attached hydrogens (primary N) is 1. The zero-order chi connectivity index (χ0) is 14.0. The summed E-state index contributed by atoms with van der Waals surface area (Å²) >= 11 is 1.69. The monoisotopic (exact) mass is 275 g/mol. The number of hydrogen-bond acceptors (Lipinski definition) is 4. The number of thiazole rings is 1.